The summed E-state index contributed by atoms with van der Waals surface area (Å²) in [5, 5.41) is 15.0. The molecule has 0 fully saturated rings. The minimum absolute atomic E-state index is 0.0599. The number of rotatable bonds is 4. The quantitative estimate of drug-likeness (QED) is 0.320. The van der Waals surface area contributed by atoms with E-state index in [-0.39, 0.29) is 11.4 Å². The number of nitro benzene ring substituents is 1. The maximum Gasteiger partial charge on any atom is 0.345 e. The third kappa shape index (κ3) is 2.89. The zero-order valence-corrected chi connectivity index (χ0v) is 12.3. The molecular formula is C16H13N3O4. The molecule has 0 amide bonds. The summed E-state index contributed by atoms with van der Waals surface area (Å²) in [5.74, 6) is -0.287. The third-order valence-electron chi connectivity index (χ3n) is 3.39. The van der Waals surface area contributed by atoms with Gasteiger partial charge >= 0.3 is 5.97 Å². The van der Waals surface area contributed by atoms with Crippen molar-refractivity contribution < 1.29 is 14.5 Å². The smallest absolute Gasteiger partial charge is 0.345 e. The van der Waals surface area contributed by atoms with Gasteiger partial charge in [0.2, 0.25) is 0 Å². The molecule has 3 aromatic rings. The van der Waals surface area contributed by atoms with Crippen molar-refractivity contribution in [2.75, 3.05) is 0 Å². The van der Waals surface area contributed by atoms with Crippen molar-refractivity contribution in [3.8, 4) is 5.75 Å². The van der Waals surface area contributed by atoms with Crippen LogP contribution in [0.15, 0.2) is 48.7 Å². The van der Waals surface area contributed by atoms with Crippen molar-refractivity contribution in [3.05, 3.63) is 70.0 Å². The molecular weight excluding hydrogens is 298 g/mol. The fourth-order valence-corrected chi connectivity index (χ4v) is 2.21. The molecule has 0 N–H and O–H groups in total. The van der Waals surface area contributed by atoms with Gasteiger partial charge in [-0.3, -0.25) is 10.1 Å². The molecule has 23 heavy (non-hydrogen) atoms. The van der Waals surface area contributed by atoms with Crippen LogP contribution in [-0.2, 0) is 6.42 Å². The molecule has 7 nitrogen and oxygen atoms in total. The Morgan fingerprint density at radius 2 is 2.04 bits per heavy atom. The predicted molar refractivity (Wildman–Crippen MR) is 82.6 cm³/mol. The SMILES string of the molecule is CCc1cc2c(C(=O)Oc3ccc([N+](=O)[O-])cc3)cccn2n1. The van der Waals surface area contributed by atoms with Gasteiger partial charge in [-0.05, 0) is 36.8 Å². The standard InChI is InChI=1S/C16H13N3O4/c1-2-11-10-15-14(4-3-9-18(15)17-11)16(20)23-13-7-5-12(6-8-13)19(21)22/h3-10H,2H2,1H3. The first-order valence-corrected chi connectivity index (χ1v) is 7.02. The van der Waals surface area contributed by atoms with Gasteiger partial charge in [0, 0.05) is 18.3 Å². The summed E-state index contributed by atoms with van der Waals surface area (Å²) >= 11 is 0. The molecule has 0 aliphatic carbocycles. The van der Waals surface area contributed by atoms with Crippen molar-refractivity contribution in [2.45, 2.75) is 13.3 Å². The van der Waals surface area contributed by atoms with E-state index in [1.165, 1.54) is 24.3 Å². The average Bonchev–Trinajstić information content (AvgIpc) is 2.98. The van der Waals surface area contributed by atoms with Gasteiger partial charge in [0.15, 0.2) is 0 Å². The monoisotopic (exact) mass is 311 g/mol. The van der Waals surface area contributed by atoms with Crippen molar-refractivity contribution in [1.29, 1.82) is 0 Å². The summed E-state index contributed by atoms with van der Waals surface area (Å²) in [7, 11) is 0. The van der Waals surface area contributed by atoms with E-state index >= 15 is 0 Å². The van der Waals surface area contributed by atoms with Gasteiger partial charge < -0.3 is 4.74 Å². The van der Waals surface area contributed by atoms with Crippen LogP contribution in [0.2, 0.25) is 0 Å². The Kier molecular flexibility index (Phi) is 3.76. The third-order valence-corrected chi connectivity index (χ3v) is 3.39. The Labute approximate surface area is 131 Å². The highest BCUT2D eigenvalue weighted by atomic mass is 16.6. The summed E-state index contributed by atoms with van der Waals surface area (Å²) in [5.41, 5.74) is 1.87. The van der Waals surface area contributed by atoms with Crippen molar-refractivity contribution in [2.24, 2.45) is 0 Å². The van der Waals surface area contributed by atoms with Crippen LogP contribution in [0, 0.1) is 10.1 Å². The lowest BCUT2D eigenvalue weighted by Crippen LogP contribution is -2.10. The Balaban J connectivity index is 1.88. The molecule has 0 spiro atoms. The number of hydrogen-bond acceptors (Lipinski definition) is 5. The van der Waals surface area contributed by atoms with Crippen LogP contribution in [0.25, 0.3) is 5.52 Å². The molecule has 2 heterocycles. The Morgan fingerprint density at radius 3 is 2.70 bits per heavy atom. The Morgan fingerprint density at radius 1 is 1.30 bits per heavy atom. The number of non-ortho nitro benzene ring substituents is 1. The van der Waals surface area contributed by atoms with Crippen LogP contribution in [0.4, 0.5) is 5.69 Å². The highest BCUT2D eigenvalue weighted by Gasteiger charge is 2.15. The molecule has 2 aromatic heterocycles. The van der Waals surface area contributed by atoms with Gasteiger partial charge in [-0.1, -0.05) is 6.92 Å². The zero-order chi connectivity index (χ0) is 16.4. The van der Waals surface area contributed by atoms with E-state index in [1.54, 1.807) is 22.8 Å². The van der Waals surface area contributed by atoms with Crippen LogP contribution in [0.5, 0.6) is 5.75 Å². The maximum atomic E-state index is 12.3. The van der Waals surface area contributed by atoms with Crippen LogP contribution in [0.1, 0.15) is 23.0 Å². The molecule has 0 radical (unpaired) electrons. The molecule has 0 aliphatic rings. The maximum absolute atomic E-state index is 12.3. The number of benzene rings is 1. The van der Waals surface area contributed by atoms with Crippen LogP contribution < -0.4 is 4.74 Å². The number of hydrogen-bond donors (Lipinski definition) is 0. The molecule has 0 saturated heterocycles. The van der Waals surface area contributed by atoms with E-state index in [2.05, 4.69) is 5.10 Å². The van der Waals surface area contributed by atoms with Crippen LogP contribution in [0.3, 0.4) is 0 Å². The number of nitro groups is 1. The number of pyridine rings is 1. The zero-order valence-electron chi connectivity index (χ0n) is 12.3. The molecule has 7 heteroatoms. The minimum atomic E-state index is -0.535. The van der Waals surface area contributed by atoms with E-state index in [1.807, 2.05) is 13.0 Å². The highest BCUT2D eigenvalue weighted by Crippen LogP contribution is 2.20. The van der Waals surface area contributed by atoms with Gasteiger partial charge in [0.1, 0.15) is 5.75 Å². The predicted octanol–water partition coefficient (Wildman–Crippen LogP) is 3.02. The average molecular weight is 311 g/mol. The lowest BCUT2D eigenvalue weighted by molar-refractivity contribution is -0.384. The molecule has 0 bridgehead atoms. The van der Waals surface area contributed by atoms with E-state index in [9.17, 15) is 14.9 Å². The van der Waals surface area contributed by atoms with E-state index < -0.39 is 10.9 Å². The Hall–Kier alpha value is -3.22. The van der Waals surface area contributed by atoms with Gasteiger partial charge in [-0.2, -0.15) is 5.10 Å². The Bertz CT molecular complexity index is 884. The van der Waals surface area contributed by atoms with E-state index in [0.717, 1.165) is 12.1 Å². The molecule has 0 atom stereocenters. The molecule has 0 unspecified atom stereocenters. The number of aryl methyl sites for hydroxylation is 1. The second kappa shape index (κ2) is 5.88. The first-order valence-electron chi connectivity index (χ1n) is 7.02. The van der Waals surface area contributed by atoms with Gasteiger partial charge in [-0.15, -0.1) is 0 Å². The highest BCUT2D eigenvalue weighted by molar-refractivity contribution is 5.98. The summed E-state index contributed by atoms with van der Waals surface area (Å²) < 4.78 is 6.91. The number of ether oxygens (including phenoxy) is 1. The fourth-order valence-electron chi connectivity index (χ4n) is 2.21. The number of carbonyl (C=O) groups is 1. The fraction of sp³-hybridized carbons (Fsp3) is 0.125. The van der Waals surface area contributed by atoms with Crippen molar-refractivity contribution >= 4 is 17.2 Å². The van der Waals surface area contributed by atoms with Gasteiger partial charge in [-0.25, -0.2) is 9.31 Å². The second-order valence-electron chi connectivity index (χ2n) is 4.88. The number of fused-ring (bicyclic) bond motifs is 1. The van der Waals surface area contributed by atoms with Crippen molar-refractivity contribution in [1.82, 2.24) is 9.61 Å². The second-order valence-corrected chi connectivity index (χ2v) is 4.88. The van der Waals surface area contributed by atoms with E-state index in [0.29, 0.717) is 11.1 Å². The molecule has 1 aromatic carbocycles. The molecule has 3 rings (SSSR count). The number of aromatic nitrogens is 2. The van der Waals surface area contributed by atoms with Crippen LogP contribution >= 0.6 is 0 Å². The summed E-state index contributed by atoms with van der Waals surface area (Å²) in [6, 6.07) is 10.6. The topological polar surface area (TPSA) is 86.7 Å². The van der Waals surface area contributed by atoms with E-state index in [4.69, 9.17) is 4.74 Å². The first kappa shape index (κ1) is 14.7. The lowest BCUT2D eigenvalue weighted by atomic mass is 10.2. The van der Waals surface area contributed by atoms with Gasteiger partial charge in [0.05, 0.1) is 21.7 Å². The molecule has 116 valence electrons. The summed E-state index contributed by atoms with van der Waals surface area (Å²) in [6.45, 7) is 1.98. The summed E-state index contributed by atoms with van der Waals surface area (Å²) in [6.07, 6.45) is 2.52. The van der Waals surface area contributed by atoms with Gasteiger partial charge in [0.25, 0.3) is 5.69 Å². The number of carbonyl (C=O) groups excluding carboxylic acids is 1. The number of nitrogens with zero attached hydrogens (tertiary/aromatic N) is 3. The normalized spacial score (nSPS) is 10.7. The molecule has 0 saturated carbocycles. The lowest BCUT2D eigenvalue weighted by Gasteiger charge is -2.05. The first-order chi connectivity index (χ1) is 11.1. The number of esters is 1. The van der Waals surface area contributed by atoms with Crippen molar-refractivity contribution in [3.63, 3.8) is 0 Å². The molecule has 0 aliphatic heterocycles. The minimum Gasteiger partial charge on any atom is -0.423 e. The largest absolute Gasteiger partial charge is 0.423 e. The van der Waals surface area contributed by atoms with Crippen LogP contribution in [-0.4, -0.2) is 20.5 Å². The summed E-state index contributed by atoms with van der Waals surface area (Å²) in [4.78, 5) is 22.5.